The van der Waals surface area contributed by atoms with Gasteiger partial charge in [0.2, 0.25) is 0 Å². The Hall–Kier alpha value is -0.810. The van der Waals surface area contributed by atoms with Gasteiger partial charge in [-0.15, -0.1) is 0 Å². The second-order valence-corrected chi connectivity index (χ2v) is 5.47. The largest absolute Gasteiger partial charge is 0.445 e. The fraction of sp³-hybridized carbons (Fsp3) is 0.900. The zero-order valence-corrected chi connectivity index (χ0v) is 9.89. The molecule has 1 heterocycles. The second kappa shape index (κ2) is 3.98. The highest BCUT2D eigenvalue weighted by Gasteiger charge is 2.39. The molecule has 0 aliphatic carbocycles. The smallest absolute Gasteiger partial charge is 0.421 e. The summed E-state index contributed by atoms with van der Waals surface area (Å²) in [6.45, 7) is 8.41. The lowest BCUT2D eigenvalue weighted by Crippen LogP contribution is -2.60. The minimum atomic E-state index is -0.562. The van der Waals surface area contributed by atoms with Crippen LogP contribution in [0.1, 0.15) is 40.5 Å². The predicted molar refractivity (Wildman–Crippen MR) is 58.1 cm³/mol. The van der Waals surface area contributed by atoms with Crippen molar-refractivity contribution in [2.24, 2.45) is 5.84 Å². The van der Waals surface area contributed by atoms with Crippen molar-refractivity contribution in [2.75, 3.05) is 0 Å². The molecule has 0 aromatic heterocycles. The van der Waals surface area contributed by atoms with Crippen molar-refractivity contribution in [3.63, 3.8) is 0 Å². The van der Waals surface area contributed by atoms with Gasteiger partial charge in [0.25, 0.3) is 0 Å². The van der Waals surface area contributed by atoms with Crippen LogP contribution in [0.25, 0.3) is 0 Å². The number of hydrazine groups is 1. The second-order valence-electron chi connectivity index (χ2n) is 5.47. The summed E-state index contributed by atoms with van der Waals surface area (Å²) in [6.07, 6.45) is 0.946. The topological polar surface area (TPSA) is 76.4 Å². The summed E-state index contributed by atoms with van der Waals surface area (Å²) in [4.78, 5) is 11.0. The van der Waals surface area contributed by atoms with E-state index in [-0.39, 0.29) is 17.2 Å². The molecule has 0 bridgehead atoms. The van der Waals surface area contributed by atoms with Crippen LogP contribution in [-0.2, 0) is 4.74 Å². The third-order valence-corrected chi connectivity index (χ3v) is 2.54. The van der Waals surface area contributed by atoms with Crippen LogP contribution >= 0.6 is 0 Å². The Morgan fingerprint density at radius 2 is 1.80 bits per heavy atom. The Labute approximate surface area is 90.7 Å². The normalized spacial score (nSPS) is 24.6. The zero-order valence-electron chi connectivity index (χ0n) is 9.89. The van der Waals surface area contributed by atoms with Gasteiger partial charge in [0, 0.05) is 23.9 Å². The first-order chi connectivity index (χ1) is 6.74. The highest BCUT2D eigenvalue weighted by Crippen LogP contribution is 2.30. The maximum atomic E-state index is 11.0. The Balaban J connectivity index is 2.63. The van der Waals surface area contributed by atoms with Gasteiger partial charge >= 0.3 is 6.09 Å². The first kappa shape index (κ1) is 12.3. The highest BCUT2D eigenvalue weighted by molar-refractivity contribution is 5.66. The molecule has 1 amide bonds. The van der Waals surface area contributed by atoms with Crippen LogP contribution in [0, 0.1) is 0 Å². The molecule has 1 aliphatic rings. The quantitative estimate of drug-likeness (QED) is 0.345. The van der Waals surface area contributed by atoms with E-state index in [1.165, 1.54) is 0 Å². The number of rotatable bonds is 1. The molecule has 4 N–H and O–H groups in total. The van der Waals surface area contributed by atoms with Gasteiger partial charge in [-0.25, -0.2) is 10.6 Å². The van der Waals surface area contributed by atoms with Crippen molar-refractivity contribution in [2.45, 2.75) is 57.7 Å². The Kier molecular flexibility index (Phi) is 3.25. The van der Waals surface area contributed by atoms with Crippen molar-refractivity contribution >= 4 is 6.09 Å². The van der Waals surface area contributed by atoms with Crippen molar-refractivity contribution in [3.05, 3.63) is 0 Å². The molecule has 5 nitrogen and oxygen atoms in total. The molecular formula is C10H21N3O2. The molecule has 5 heteroatoms. The first-order valence-corrected chi connectivity index (χ1v) is 5.21. The van der Waals surface area contributed by atoms with Gasteiger partial charge in [-0.3, -0.25) is 5.43 Å². The summed E-state index contributed by atoms with van der Waals surface area (Å²) in [5, 5.41) is 3.51. The van der Waals surface area contributed by atoms with E-state index in [4.69, 9.17) is 10.6 Å². The number of hydrogen-bond donors (Lipinski definition) is 3. The van der Waals surface area contributed by atoms with Crippen molar-refractivity contribution in [1.82, 2.24) is 10.7 Å². The summed E-state index contributed by atoms with van der Waals surface area (Å²) < 4.78 is 5.20. The third kappa shape index (κ3) is 3.68. The standard InChI is InChI=1S/C10H21N3O2/c1-9(2)5-7(15-8(14)12-11)6-10(3,4)13-9/h7,13H,5-6,11H2,1-4H3,(H,12,14). The number of nitrogens with one attached hydrogen (secondary N) is 2. The molecule has 1 saturated heterocycles. The lowest BCUT2D eigenvalue weighted by atomic mass is 9.81. The van der Waals surface area contributed by atoms with E-state index in [9.17, 15) is 4.79 Å². The van der Waals surface area contributed by atoms with E-state index in [0.29, 0.717) is 0 Å². The van der Waals surface area contributed by atoms with Crippen molar-refractivity contribution in [1.29, 1.82) is 0 Å². The summed E-state index contributed by atoms with van der Waals surface area (Å²) in [5.74, 6) is 4.98. The number of hydrogen-bond acceptors (Lipinski definition) is 4. The molecule has 15 heavy (non-hydrogen) atoms. The van der Waals surface area contributed by atoms with Crippen LogP contribution in [0.15, 0.2) is 0 Å². The van der Waals surface area contributed by atoms with Crippen LogP contribution in [0.2, 0.25) is 0 Å². The van der Waals surface area contributed by atoms with Crippen molar-refractivity contribution in [3.8, 4) is 0 Å². The molecular weight excluding hydrogens is 194 g/mol. The molecule has 88 valence electrons. The van der Waals surface area contributed by atoms with Gasteiger partial charge in [-0.05, 0) is 27.7 Å². The molecule has 0 unspecified atom stereocenters. The van der Waals surface area contributed by atoms with E-state index in [0.717, 1.165) is 12.8 Å². The number of carbonyl (C=O) groups excluding carboxylic acids is 1. The SMILES string of the molecule is CC1(C)CC(OC(=O)NN)CC(C)(C)N1. The van der Waals surface area contributed by atoms with E-state index < -0.39 is 6.09 Å². The number of ether oxygens (including phenoxy) is 1. The molecule has 0 spiro atoms. The molecule has 0 aromatic carbocycles. The van der Waals surface area contributed by atoms with Crippen LogP contribution in [-0.4, -0.2) is 23.3 Å². The van der Waals surface area contributed by atoms with Gasteiger partial charge in [-0.2, -0.15) is 0 Å². The van der Waals surface area contributed by atoms with Gasteiger partial charge in [-0.1, -0.05) is 0 Å². The highest BCUT2D eigenvalue weighted by atomic mass is 16.6. The van der Waals surface area contributed by atoms with E-state index >= 15 is 0 Å². The number of piperidine rings is 1. The fourth-order valence-electron chi connectivity index (χ4n) is 2.50. The summed E-state index contributed by atoms with van der Waals surface area (Å²) in [6, 6.07) is 0. The monoisotopic (exact) mass is 215 g/mol. The summed E-state index contributed by atoms with van der Waals surface area (Å²) >= 11 is 0. The van der Waals surface area contributed by atoms with Crippen LogP contribution in [0.5, 0.6) is 0 Å². The predicted octanol–water partition coefficient (Wildman–Crippen LogP) is 0.895. The van der Waals surface area contributed by atoms with Crippen LogP contribution in [0.4, 0.5) is 4.79 Å². The molecule has 1 rings (SSSR count). The van der Waals surface area contributed by atoms with Crippen molar-refractivity contribution < 1.29 is 9.53 Å². The lowest BCUT2D eigenvalue weighted by molar-refractivity contribution is 0.0194. The summed E-state index contributed by atoms with van der Waals surface area (Å²) in [7, 11) is 0. The minimum absolute atomic E-state index is 0.0265. The molecule has 1 aliphatic heterocycles. The number of nitrogens with two attached hydrogens (primary N) is 1. The summed E-state index contributed by atoms with van der Waals surface area (Å²) in [5.41, 5.74) is 1.93. The Morgan fingerprint density at radius 3 is 2.20 bits per heavy atom. The Morgan fingerprint density at radius 1 is 1.33 bits per heavy atom. The van der Waals surface area contributed by atoms with Gasteiger partial charge < -0.3 is 10.1 Å². The minimum Gasteiger partial charge on any atom is -0.445 e. The Bertz CT molecular complexity index is 235. The van der Waals surface area contributed by atoms with Gasteiger partial charge in [0.05, 0.1) is 0 Å². The van der Waals surface area contributed by atoms with Crippen LogP contribution < -0.4 is 16.6 Å². The third-order valence-electron chi connectivity index (χ3n) is 2.54. The lowest BCUT2D eigenvalue weighted by Gasteiger charge is -2.45. The average Bonchev–Trinajstić information content (AvgIpc) is 1.97. The average molecular weight is 215 g/mol. The maximum Gasteiger partial charge on any atom is 0.421 e. The van der Waals surface area contributed by atoms with Gasteiger partial charge in [0.15, 0.2) is 0 Å². The molecule has 0 aromatic rings. The molecule has 0 saturated carbocycles. The molecule has 0 atom stereocenters. The van der Waals surface area contributed by atoms with Gasteiger partial charge in [0.1, 0.15) is 6.10 Å². The maximum absolute atomic E-state index is 11.0. The molecule has 1 fully saturated rings. The van der Waals surface area contributed by atoms with E-state index in [1.54, 1.807) is 0 Å². The number of carbonyl (C=O) groups is 1. The number of amides is 1. The first-order valence-electron chi connectivity index (χ1n) is 5.21. The van der Waals surface area contributed by atoms with Crippen LogP contribution in [0.3, 0.4) is 0 Å². The van der Waals surface area contributed by atoms with E-state index in [1.807, 2.05) is 5.43 Å². The zero-order chi connectivity index (χ0) is 11.7. The molecule has 0 radical (unpaired) electrons. The fourth-order valence-corrected chi connectivity index (χ4v) is 2.50. The van der Waals surface area contributed by atoms with E-state index in [2.05, 4.69) is 33.0 Å².